The lowest BCUT2D eigenvalue weighted by atomic mass is 9.67. The minimum atomic E-state index is -0.594. The Morgan fingerprint density at radius 1 is 0.345 bits per heavy atom. The molecule has 0 N–H and O–H groups in total. The zero-order chi connectivity index (χ0) is 36.7. The van der Waals surface area contributed by atoms with E-state index in [-0.39, 0.29) is 0 Å². The van der Waals surface area contributed by atoms with Crippen molar-refractivity contribution >= 4 is 43.6 Å². The van der Waals surface area contributed by atoms with E-state index in [4.69, 9.17) is 19.9 Å². The van der Waals surface area contributed by atoms with Crippen molar-refractivity contribution in [2.24, 2.45) is 0 Å². The highest BCUT2D eigenvalue weighted by atomic mass is 14.8. The molecule has 4 aromatic heterocycles. The van der Waals surface area contributed by atoms with Gasteiger partial charge in [0.2, 0.25) is 0 Å². The number of hydrogen-bond acceptors (Lipinski definition) is 4. The highest BCUT2D eigenvalue weighted by Gasteiger charge is 2.46. The van der Waals surface area contributed by atoms with E-state index in [1.54, 1.807) is 0 Å². The van der Waals surface area contributed by atoms with Crippen LogP contribution < -0.4 is 0 Å². The highest BCUT2D eigenvalue weighted by molar-refractivity contribution is 6.04. The fraction of sp³-hybridized carbons (Fsp3) is 0.0588. The number of aromatic nitrogens is 4. The molecule has 1 aliphatic carbocycles. The predicted molar refractivity (Wildman–Crippen MR) is 225 cm³/mol. The van der Waals surface area contributed by atoms with E-state index >= 15 is 0 Å². The van der Waals surface area contributed by atoms with Crippen molar-refractivity contribution in [2.75, 3.05) is 0 Å². The second-order valence-electron chi connectivity index (χ2n) is 14.7. The van der Waals surface area contributed by atoms with E-state index in [2.05, 4.69) is 170 Å². The third-order valence-electron chi connectivity index (χ3n) is 11.5. The molecule has 10 aromatic rings. The van der Waals surface area contributed by atoms with Crippen LogP contribution in [0.5, 0.6) is 0 Å². The fourth-order valence-electron chi connectivity index (χ4n) is 8.90. The summed E-state index contributed by atoms with van der Waals surface area (Å²) in [6.07, 6.45) is 0. The molecule has 0 radical (unpaired) electrons. The molecule has 0 atom stereocenters. The Labute approximate surface area is 318 Å². The topological polar surface area (TPSA) is 51.6 Å². The molecule has 4 heterocycles. The number of aryl methyl sites for hydroxylation is 2. The van der Waals surface area contributed by atoms with E-state index in [9.17, 15) is 0 Å². The summed E-state index contributed by atoms with van der Waals surface area (Å²) in [6.45, 7) is 4.07. The number of rotatable bonds is 4. The molecule has 0 spiro atoms. The Kier molecular flexibility index (Phi) is 6.86. The van der Waals surface area contributed by atoms with Crippen molar-refractivity contribution in [1.29, 1.82) is 0 Å². The average Bonchev–Trinajstić information content (AvgIpc) is 3.54. The number of benzene rings is 6. The minimum Gasteiger partial charge on any atom is -0.251 e. The second-order valence-corrected chi connectivity index (χ2v) is 14.7. The zero-order valence-corrected chi connectivity index (χ0v) is 30.5. The molecule has 0 saturated heterocycles. The summed E-state index contributed by atoms with van der Waals surface area (Å²) < 4.78 is 0. The summed E-state index contributed by atoms with van der Waals surface area (Å²) in [5.74, 6) is 0. The van der Waals surface area contributed by atoms with Crippen molar-refractivity contribution in [3.05, 3.63) is 203 Å². The number of fused-ring (bicyclic) bond motifs is 9. The Balaban J connectivity index is 1.14. The molecule has 0 amide bonds. The molecule has 0 saturated carbocycles. The van der Waals surface area contributed by atoms with E-state index in [0.29, 0.717) is 0 Å². The summed E-state index contributed by atoms with van der Waals surface area (Å²) in [6, 6.07) is 61.3. The van der Waals surface area contributed by atoms with Crippen LogP contribution in [0.15, 0.2) is 170 Å². The molecule has 1 aliphatic rings. The molecular weight excluding hydrogens is 669 g/mol. The van der Waals surface area contributed by atoms with Crippen molar-refractivity contribution in [1.82, 2.24) is 19.9 Å². The van der Waals surface area contributed by atoms with E-state index in [1.807, 2.05) is 13.8 Å². The maximum Gasteiger partial charge on any atom is 0.0972 e. The summed E-state index contributed by atoms with van der Waals surface area (Å²) in [7, 11) is 0. The average molecular weight is 703 g/mol. The van der Waals surface area contributed by atoms with Gasteiger partial charge in [-0.2, -0.15) is 0 Å². The molecule has 0 aliphatic heterocycles. The molecule has 4 heteroatoms. The van der Waals surface area contributed by atoms with Crippen molar-refractivity contribution in [3.8, 4) is 33.6 Å². The quantitative estimate of drug-likeness (QED) is 0.171. The minimum absolute atomic E-state index is 0.594. The van der Waals surface area contributed by atoms with E-state index < -0.39 is 5.41 Å². The monoisotopic (exact) mass is 702 g/mol. The molecule has 0 bridgehead atoms. The van der Waals surface area contributed by atoms with Crippen LogP contribution in [0.4, 0.5) is 0 Å². The Hall–Kier alpha value is -7.04. The normalized spacial score (nSPS) is 13.1. The lowest BCUT2D eigenvalue weighted by Crippen LogP contribution is -2.28. The lowest BCUT2D eigenvalue weighted by molar-refractivity contribution is 0.769. The first kappa shape index (κ1) is 31.5. The summed E-state index contributed by atoms with van der Waals surface area (Å²) in [5, 5.41) is 4.35. The SMILES string of the molecule is Cc1ccc2ccc3ccc(-c4cccc(C5(c6cccc(-c7ccc8ccc9ccc(C)nc9c8n7)c6)c6ccccc6-c6ccccc65)c4)nc3c2n1. The molecule has 6 aromatic carbocycles. The van der Waals surface area contributed by atoms with Gasteiger partial charge < -0.3 is 0 Å². The predicted octanol–water partition coefficient (Wildman–Crippen LogP) is 12.2. The zero-order valence-electron chi connectivity index (χ0n) is 30.5. The maximum absolute atomic E-state index is 5.30. The van der Waals surface area contributed by atoms with Crippen LogP contribution in [-0.2, 0) is 5.41 Å². The first-order valence-electron chi connectivity index (χ1n) is 18.8. The second kappa shape index (κ2) is 12.0. The van der Waals surface area contributed by atoms with E-state index in [0.717, 1.165) is 77.5 Å². The Morgan fingerprint density at radius 2 is 0.727 bits per heavy atom. The highest BCUT2D eigenvalue weighted by Crippen LogP contribution is 2.56. The van der Waals surface area contributed by atoms with Crippen LogP contribution in [0.3, 0.4) is 0 Å². The molecule has 0 fully saturated rings. The number of pyridine rings is 4. The van der Waals surface area contributed by atoms with Gasteiger partial charge >= 0.3 is 0 Å². The van der Waals surface area contributed by atoms with Gasteiger partial charge in [0.05, 0.1) is 38.9 Å². The van der Waals surface area contributed by atoms with Gasteiger partial charge in [-0.3, -0.25) is 9.97 Å². The third-order valence-corrected chi connectivity index (χ3v) is 11.5. The van der Waals surface area contributed by atoms with Gasteiger partial charge in [0.15, 0.2) is 0 Å². The summed E-state index contributed by atoms with van der Waals surface area (Å²) >= 11 is 0. The fourth-order valence-corrected chi connectivity index (χ4v) is 8.90. The van der Waals surface area contributed by atoms with Gasteiger partial charge in [-0.15, -0.1) is 0 Å². The first-order chi connectivity index (χ1) is 27.0. The van der Waals surface area contributed by atoms with Crippen LogP contribution in [0.1, 0.15) is 33.6 Å². The van der Waals surface area contributed by atoms with Gasteiger partial charge in [0.25, 0.3) is 0 Å². The molecular formula is C51H34N4. The van der Waals surface area contributed by atoms with Crippen LogP contribution in [0, 0.1) is 13.8 Å². The largest absolute Gasteiger partial charge is 0.251 e. The third kappa shape index (κ3) is 4.78. The van der Waals surface area contributed by atoms with Crippen molar-refractivity contribution < 1.29 is 0 Å². The molecule has 258 valence electrons. The molecule has 4 nitrogen and oxygen atoms in total. The smallest absolute Gasteiger partial charge is 0.0972 e. The van der Waals surface area contributed by atoms with Crippen LogP contribution >= 0.6 is 0 Å². The van der Waals surface area contributed by atoms with Crippen molar-refractivity contribution in [3.63, 3.8) is 0 Å². The van der Waals surface area contributed by atoms with Gasteiger partial charge in [-0.25, -0.2) is 9.97 Å². The van der Waals surface area contributed by atoms with Gasteiger partial charge in [-0.05, 0) is 83.6 Å². The molecule has 55 heavy (non-hydrogen) atoms. The Bertz CT molecular complexity index is 2980. The van der Waals surface area contributed by atoms with E-state index in [1.165, 1.54) is 33.4 Å². The summed E-state index contributed by atoms with van der Waals surface area (Å²) in [5.41, 5.74) is 16.5. The van der Waals surface area contributed by atoms with Crippen LogP contribution in [0.2, 0.25) is 0 Å². The first-order valence-corrected chi connectivity index (χ1v) is 18.8. The molecule has 0 unspecified atom stereocenters. The van der Waals surface area contributed by atoms with Crippen LogP contribution in [0.25, 0.3) is 77.3 Å². The lowest BCUT2D eigenvalue weighted by Gasteiger charge is -2.34. The summed E-state index contributed by atoms with van der Waals surface area (Å²) in [4.78, 5) is 20.4. The number of hydrogen-bond donors (Lipinski definition) is 0. The standard InChI is InChI=1S/C51H34N4/c1-31-17-19-33-21-23-35-25-27-45(54-49(35)47(33)52-31)37-9-7-11-39(29-37)51(43-15-5-3-13-41(43)42-14-4-6-16-44(42)51)40-12-8-10-38(30-40)46-28-26-36-24-22-34-20-18-32(2)53-48(34)50(36)55-46/h3-30H,1-2H3. The van der Waals surface area contributed by atoms with Crippen LogP contribution in [-0.4, -0.2) is 19.9 Å². The van der Waals surface area contributed by atoms with Gasteiger partial charge in [-0.1, -0.05) is 133 Å². The molecule has 11 rings (SSSR count). The van der Waals surface area contributed by atoms with Gasteiger partial charge in [0, 0.05) is 44.1 Å². The van der Waals surface area contributed by atoms with Gasteiger partial charge in [0.1, 0.15) is 0 Å². The maximum atomic E-state index is 5.30. The number of nitrogens with zero attached hydrogens (tertiary/aromatic N) is 4. The van der Waals surface area contributed by atoms with Crippen molar-refractivity contribution in [2.45, 2.75) is 19.3 Å². The Morgan fingerprint density at radius 3 is 1.18 bits per heavy atom.